The zero-order valence-electron chi connectivity index (χ0n) is 17.0. The third-order valence-electron chi connectivity index (χ3n) is 5.03. The van der Waals surface area contributed by atoms with E-state index in [2.05, 4.69) is 17.4 Å². The summed E-state index contributed by atoms with van der Waals surface area (Å²) in [7, 11) is 4.49. The summed E-state index contributed by atoms with van der Waals surface area (Å²) in [6, 6.07) is 11.3. The predicted molar refractivity (Wildman–Crippen MR) is 109 cm³/mol. The van der Waals surface area contributed by atoms with Crippen molar-refractivity contribution in [3.63, 3.8) is 0 Å². The predicted octanol–water partition coefficient (Wildman–Crippen LogP) is 2.42. The molecular formula is C22H26N2O5. The molecule has 154 valence electrons. The second-order valence-electron chi connectivity index (χ2n) is 6.75. The number of hydrogen-bond acceptors (Lipinski definition) is 5. The van der Waals surface area contributed by atoms with Gasteiger partial charge in [0.1, 0.15) is 0 Å². The van der Waals surface area contributed by atoms with E-state index < -0.39 is 0 Å². The van der Waals surface area contributed by atoms with E-state index in [0.29, 0.717) is 35.9 Å². The zero-order valence-corrected chi connectivity index (χ0v) is 17.0. The summed E-state index contributed by atoms with van der Waals surface area (Å²) in [5.74, 6) is 0.956. The van der Waals surface area contributed by atoms with Crippen molar-refractivity contribution in [2.75, 3.05) is 34.4 Å². The maximum Gasteiger partial charge on any atom is 0.251 e. The second-order valence-corrected chi connectivity index (χ2v) is 6.75. The first kappa shape index (κ1) is 20.5. The molecule has 0 spiro atoms. The molecule has 2 aromatic rings. The van der Waals surface area contributed by atoms with Crippen LogP contribution in [0.25, 0.3) is 0 Å². The van der Waals surface area contributed by atoms with E-state index in [9.17, 15) is 9.59 Å². The first-order valence-corrected chi connectivity index (χ1v) is 9.50. The third-order valence-corrected chi connectivity index (χ3v) is 5.03. The van der Waals surface area contributed by atoms with Gasteiger partial charge >= 0.3 is 0 Å². The number of fused-ring (bicyclic) bond motifs is 1. The highest BCUT2D eigenvalue weighted by atomic mass is 16.5. The number of carbonyl (C=O) groups excluding carboxylic acids is 2. The van der Waals surface area contributed by atoms with Crippen LogP contribution < -0.4 is 19.5 Å². The lowest BCUT2D eigenvalue weighted by molar-refractivity contribution is -0.131. The van der Waals surface area contributed by atoms with Crippen molar-refractivity contribution in [2.24, 2.45) is 0 Å². The number of rotatable bonds is 7. The summed E-state index contributed by atoms with van der Waals surface area (Å²) in [6.07, 6.45) is 1.11. The normalized spacial score (nSPS) is 12.7. The lowest BCUT2D eigenvalue weighted by Crippen LogP contribution is -2.38. The second kappa shape index (κ2) is 9.32. The Morgan fingerprint density at radius 3 is 2.28 bits per heavy atom. The van der Waals surface area contributed by atoms with Gasteiger partial charge in [0, 0.05) is 31.6 Å². The number of methoxy groups -OCH3 is 3. The van der Waals surface area contributed by atoms with Crippen LogP contribution in [0.15, 0.2) is 36.4 Å². The number of hydrogen-bond donors (Lipinski definition) is 1. The van der Waals surface area contributed by atoms with Gasteiger partial charge in [-0.3, -0.25) is 9.59 Å². The van der Waals surface area contributed by atoms with Crippen LogP contribution in [-0.4, -0.2) is 51.1 Å². The molecule has 0 aromatic heterocycles. The molecule has 1 heterocycles. The minimum Gasteiger partial charge on any atom is -0.493 e. The molecule has 0 radical (unpaired) electrons. The molecule has 2 amide bonds. The zero-order chi connectivity index (χ0) is 20.8. The van der Waals surface area contributed by atoms with Gasteiger partial charge in [-0.05, 0) is 29.7 Å². The number of benzene rings is 2. The molecule has 29 heavy (non-hydrogen) atoms. The van der Waals surface area contributed by atoms with Crippen LogP contribution in [0, 0.1) is 0 Å². The topological polar surface area (TPSA) is 77.1 Å². The van der Waals surface area contributed by atoms with E-state index in [1.807, 2.05) is 17.0 Å². The molecule has 0 saturated carbocycles. The fourth-order valence-corrected chi connectivity index (χ4v) is 3.46. The number of ether oxygens (including phenoxy) is 3. The molecule has 0 unspecified atom stereocenters. The van der Waals surface area contributed by atoms with Gasteiger partial charge in [0.25, 0.3) is 5.91 Å². The quantitative estimate of drug-likeness (QED) is 0.775. The van der Waals surface area contributed by atoms with E-state index in [1.165, 1.54) is 32.5 Å². The highest BCUT2D eigenvalue weighted by Gasteiger charge is 2.21. The van der Waals surface area contributed by atoms with Gasteiger partial charge in [-0.2, -0.15) is 0 Å². The van der Waals surface area contributed by atoms with Crippen molar-refractivity contribution < 1.29 is 23.8 Å². The van der Waals surface area contributed by atoms with Gasteiger partial charge in [-0.1, -0.05) is 24.3 Å². The number of carbonyl (C=O) groups is 2. The molecule has 3 rings (SSSR count). The van der Waals surface area contributed by atoms with Gasteiger partial charge in [0.2, 0.25) is 11.7 Å². The summed E-state index contributed by atoms with van der Waals surface area (Å²) >= 11 is 0. The molecule has 1 aliphatic heterocycles. The van der Waals surface area contributed by atoms with E-state index in [1.54, 1.807) is 12.1 Å². The van der Waals surface area contributed by atoms with Crippen LogP contribution in [0.2, 0.25) is 0 Å². The number of nitrogens with zero attached hydrogens (tertiary/aromatic N) is 1. The first-order chi connectivity index (χ1) is 14.1. The minimum absolute atomic E-state index is 0.0321. The molecule has 2 aromatic carbocycles. The van der Waals surface area contributed by atoms with E-state index in [4.69, 9.17) is 14.2 Å². The Kier molecular flexibility index (Phi) is 6.59. The van der Waals surface area contributed by atoms with Crippen LogP contribution >= 0.6 is 0 Å². The Morgan fingerprint density at radius 1 is 1.00 bits per heavy atom. The molecule has 1 aliphatic rings. The summed E-state index contributed by atoms with van der Waals surface area (Å²) < 4.78 is 15.8. The van der Waals surface area contributed by atoms with Gasteiger partial charge < -0.3 is 24.4 Å². The van der Waals surface area contributed by atoms with Crippen LogP contribution in [0.3, 0.4) is 0 Å². The summed E-state index contributed by atoms with van der Waals surface area (Å²) in [6.45, 7) is 1.58. The maximum atomic E-state index is 12.5. The molecule has 7 nitrogen and oxygen atoms in total. The van der Waals surface area contributed by atoms with Gasteiger partial charge in [0.15, 0.2) is 11.5 Å². The van der Waals surface area contributed by atoms with Crippen molar-refractivity contribution in [1.82, 2.24) is 10.2 Å². The lowest BCUT2D eigenvalue weighted by Gasteiger charge is -2.29. The largest absolute Gasteiger partial charge is 0.493 e. The number of amides is 2. The molecule has 0 saturated heterocycles. The fourth-order valence-electron chi connectivity index (χ4n) is 3.46. The first-order valence-electron chi connectivity index (χ1n) is 9.50. The SMILES string of the molecule is COc1cc(C(=O)NCCC(=O)N2CCc3ccccc3C2)cc(OC)c1OC. The van der Waals surface area contributed by atoms with Gasteiger partial charge in [0.05, 0.1) is 21.3 Å². The molecular weight excluding hydrogens is 372 g/mol. The Morgan fingerprint density at radius 2 is 1.66 bits per heavy atom. The molecule has 1 N–H and O–H groups in total. The Hall–Kier alpha value is -3.22. The monoisotopic (exact) mass is 398 g/mol. The molecule has 0 fully saturated rings. The van der Waals surface area contributed by atoms with Crippen molar-refractivity contribution in [3.8, 4) is 17.2 Å². The van der Waals surface area contributed by atoms with Crippen LogP contribution in [-0.2, 0) is 17.8 Å². The summed E-state index contributed by atoms with van der Waals surface area (Å²) in [5.41, 5.74) is 2.86. The van der Waals surface area contributed by atoms with Crippen LogP contribution in [0.1, 0.15) is 27.9 Å². The summed E-state index contributed by atoms with van der Waals surface area (Å²) in [5, 5.41) is 2.79. The standard InChI is InChI=1S/C22H26N2O5/c1-27-18-12-17(13-19(28-2)21(18)29-3)22(26)23-10-8-20(25)24-11-9-15-6-4-5-7-16(15)14-24/h4-7,12-13H,8-11,14H2,1-3H3,(H,23,26). The molecule has 0 aliphatic carbocycles. The Balaban J connectivity index is 1.57. The minimum atomic E-state index is -0.305. The highest BCUT2D eigenvalue weighted by Crippen LogP contribution is 2.38. The number of nitrogens with one attached hydrogen (secondary N) is 1. The van der Waals surface area contributed by atoms with E-state index in [0.717, 1.165) is 6.42 Å². The molecule has 7 heteroatoms. The van der Waals surface area contributed by atoms with E-state index in [-0.39, 0.29) is 24.8 Å². The van der Waals surface area contributed by atoms with Gasteiger partial charge in [-0.25, -0.2) is 0 Å². The van der Waals surface area contributed by atoms with E-state index >= 15 is 0 Å². The third kappa shape index (κ3) is 4.62. The van der Waals surface area contributed by atoms with Crippen LogP contribution in [0.5, 0.6) is 17.2 Å². The Labute approximate surface area is 170 Å². The van der Waals surface area contributed by atoms with Crippen molar-refractivity contribution in [1.29, 1.82) is 0 Å². The van der Waals surface area contributed by atoms with Gasteiger partial charge in [-0.15, -0.1) is 0 Å². The average Bonchev–Trinajstić information content (AvgIpc) is 2.77. The van der Waals surface area contributed by atoms with Crippen molar-refractivity contribution >= 4 is 11.8 Å². The fraction of sp³-hybridized carbons (Fsp3) is 0.364. The maximum absolute atomic E-state index is 12.5. The van der Waals surface area contributed by atoms with Crippen LogP contribution in [0.4, 0.5) is 0 Å². The van der Waals surface area contributed by atoms with Crippen molar-refractivity contribution in [3.05, 3.63) is 53.1 Å². The summed E-state index contributed by atoms with van der Waals surface area (Å²) in [4.78, 5) is 26.9. The lowest BCUT2D eigenvalue weighted by atomic mass is 10.00. The Bertz CT molecular complexity index is 872. The molecule has 0 bridgehead atoms. The average molecular weight is 398 g/mol. The highest BCUT2D eigenvalue weighted by molar-refractivity contribution is 5.95. The smallest absolute Gasteiger partial charge is 0.251 e. The molecule has 0 atom stereocenters. The van der Waals surface area contributed by atoms with Crippen molar-refractivity contribution in [2.45, 2.75) is 19.4 Å².